The molecular weight excluding hydrogens is 216 g/mol. The third kappa shape index (κ3) is 1.16. The molecule has 0 saturated carbocycles. The molecule has 1 aliphatic carbocycles. The third-order valence-corrected chi connectivity index (χ3v) is 3.23. The highest BCUT2D eigenvalue weighted by molar-refractivity contribution is 6.27. The number of carbonyl (C=O) groups is 2. The van der Waals surface area contributed by atoms with Gasteiger partial charge in [0, 0.05) is 16.7 Å². The molecule has 0 bridgehead atoms. The number of carbonyl (C=O) groups excluding carboxylic acids is 2. The summed E-state index contributed by atoms with van der Waals surface area (Å²) in [5.41, 5.74) is 2.08. The molecule has 0 aliphatic heterocycles. The molecule has 0 N–H and O–H groups in total. The van der Waals surface area contributed by atoms with Crippen molar-refractivity contribution >= 4 is 11.6 Å². The second-order valence-electron chi connectivity index (χ2n) is 4.19. The van der Waals surface area contributed by atoms with Crippen molar-refractivity contribution in [2.45, 2.75) is 13.8 Å². The van der Waals surface area contributed by atoms with Gasteiger partial charge in [-0.3, -0.25) is 9.59 Å². The predicted octanol–water partition coefficient (Wildman–Crippen LogP) is 2.67. The lowest BCUT2D eigenvalue weighted by Gasteiger charge is -2.12. The molecule has 17 heavy (non-hydrogen) atoms. The normalized spacial score (nSPS) is 13.5. The fraction of sp³-hybridized carbons (Fsp3) is 0.143. The second kappa shape index (κ2) is 3.17. The van der Waals surface area contributed by atoms with E-state index < -0.39 is 0 Å². The Morgan fingerprint density at radius 3 is 2.18 bits per heavy atom. The standard InChI is InChI=1S/C14H10O3/c1-7-8(2)17-14-11(7)12(15)9-5-3-4-6-10(9)13(14)16/h3-6H,1-2H3. The fourth-order valence-corrected chi connectivity index (χ4v) is 2.20. The van der Waals surface area contributed by atoms with Gasteiger partial charge >= 0.3 is 0 Å². The van der Waals surface area contributed by atoms with Crippen LogP contribution in [0.25, 0.3) is 0 Å². The average Bonchev–Trinajstić information content (AvgIpc) is 2.64. The van der Waals surface area contributed by atoms with Gasteiger partial charge in [-0.2, -0.15) is 0 Å². The monoisotopic (exact) mass is 226 g/mol. The predicted molar refractivity (Wildman–Crippen MR) is 61.5 cm³/mol. The van der Waals surface area contributed by atoms with Crippen LogP contribution < -0.4 is 0 Å². The topological polar surface area (TPSA) is 47.3 Å². The van der Waals surface area contributed by atoms with Gasteiger partial charge < -0.3 is 4.42 Å². The highest BCUT2D eigenvalue weighted by Crippen LogP contribution is 2.32. The van der Waals surface area contributed by atoms with E-state index in [0.29, 0.717) is 22.5 Å². The number of aryl methyl sites for hydroxylation is 1. The van der Waals surface area contributed by atoms with Gasteiger partial charge in [0.2, 0.25) is 5.78 Å². The van der Waals surface area contributed by atoms with Crippen LogP contribution >= 0.6 is 0 Å². The summed E-state index contributed by atoms with van der Waals surface area (Å²) in [6.45, 7) is 3.57. The molecule has 84 valence electrons. The number of benzene rings is 1. The zero-order valence-electron chi connectivity index (χ0n) is 9.53. The van der Waals surface area contributed by atoms with Crippen LogP contribution in [-0.2, 0) is 0 Å². The van der Waals surface area contributed by atoms with Gasteiger partial charge in [0.1, 0.15) is 5.76 Å². The van der Waals surface area contributed by atoms with Crippen molar-refractivity contribution in [3.05, 3.63) is 58.0 Å². The summed E-state index contributed by atoms with van der Waals surface area (Å²) in [7, 11) is 0. The minimum Gasteiger partial charge on any atom is -0.457 e. The highest BCUT2D eigenvalue weighted by Gasteiger charge is 2.34. The van der Waals surface area contributed by atoms with Gasteiger partial charge in [-0.25, -0.2) is 0 Å². The molecule has 0 radical (unpaired) electrons. The molecule has 3 nitrogen and oxygen atoms in total. The van der Waals surface area contributed by atoms with Crippen molar-refractivity contribution in [1.29, 1.82) is 0 Å². The van der Waals surface area contributed by atoms with Crippen LogP contribution in [0.5, 0.6) is 0 Å². The smallest absolute Gasteiger partial charge is 0.229 e. The van der Waals surface area contributed by atoms with Gasteiger partial charge in [-0.1, -0.05) is 24.3 Å². The Bertz CT molecular complexity index is 662. The van der Waals surface area contributed by atoms with E-state index >= 15 is 0 Å². The molecule has 1 aliphatic rings. The van der Waals surface area contributed by atoms with Crippen LogP contribution in [0.2, 0.25) is 0 Å². The first-order chi connectivity index (χ1) is 8.11. The molecule has 2 aromatic rings. The fourth-order valence-electron chi connectivity index (χ4n) is 2.20. The summed E-state index contributed by atoms with van der Waals surface area (Å²) < 4.78 is 5.41. The Kier molecular flexibility index (Phi) is 1.87. The van der Waals surface area contributed by atoms with Gasteiger partial charge in [0.05, 0.1) is 5.56 Å². The van der Waals surface area contributed by atoms with E-state index in [1.54, 1.807) is 38.1 Å². The zero-order chi connectivity index (χ0) is 12.2. The summed E-state index contributed by atoms with van der Waals surface area (Å²) >= 11 is 0. The van der Waals surface area contributed by atoms with E-state index in [1.165, 1.54) is 0 Å². The Labute approximate surface area is 98.1 Å². The second-order valence-corrected chi connectivity index (χ2v) is 4.19. The lowest BCUT2D eigenvalue weighted by Crippen LogP contribution is -2.19. The Balaban J connectivity index is 2.37. The SMILES string of the molecule is Cc1oc2c(c1C)C(=O)c1ccccc1C2=O. The van der Waals surface area contributed by atoms with E-state index in [0.717, 1.165) is 5.56 Å². The minimum atomic E-state index is -0.202. The van der Waals surface area contributed by atoms with Crippen molar-refractivity contribution in [2.75, 3.05) is 0 Å². The first-order valence-electron chi connectivity index (χ1n) is 5.39. The molecule has 3 heteroatoms. The van der Waals surface area contributed by atoms with Crippen molar-refractivity contribution < 1.29 is 14.0 Å². The van der Waals surface area contributed by atoms with Crippen molar-refractivity contribution in [2.24, 2.45) is 0 Å². The lowest BCUT2D eigenvalue weighted by atomic mass is 9.87. The summed E-state index contributed by atoms with van der Waals surface area (Å²) in [5.74, 6) is 0.490. The number of ketones is 2. The molecular formula is C14H10O3. The number of hydrogen-bond donors (Lipinski definition) is 0. The average molecular weight is 226 g/mol. The van der Waals surface area contributed by atoms with E-state index in [1.807, 2.05) is 0 Å². The Morgan fingerprint density at radius 1 is 0.941 bits per heavy atom. The maximum Gasteiger partial charge on any atom is 0.229 e. The molecule has 3 rings (SSSR count). The number of rotatable bonds is 0. The van der Waals surface area contributed by atoms with Crippen LogP contribution in [0.1, 0.15) is 43.4 Å². The van der Waals surface area contributed by atoms with E-state index in [-0.39, 0.29) is 17.3 Å². The van der Waals surface area contributed by atoms with Crippen LogP contribution in [0.3, 0.4) is 0 Å². The molecule has 0 spiro atoms. The van der Waals surface area contributed by atoms with Gasteiger partial charge in [0.25, 0.3) is 0 Å². The lowest BCUT2D eigenvalue weighted by molar-refractivity contribution is 0.0959. The highest BCUT2D eigenvalue weighted by atomic mass is 16.3. The van der Waals surface area contributed by atoms with Crippen LogP contribution in [0.15, 0.2) is 28.7 Å². The van der Waals surface area contributed by atoms with Crippen LogP contribution in [0.4, 0.5) is 0 Å². The molecule has 0 amide bonds. The number of furan rings is 1. The summed E-state index contributed by atoms with van der Waals surface area (Å²) in [4.78, 5) is 24.4. The van der Waals surface area contributed by atoms with Gasteiger partial charge in [0.15, 0.2) is 11.5 Å². The summed E-state index contributed by atoms with van der Waals surface area (Å²) in [5, 5.41) is 0. The molecule has 1 aromatic heterocycles. The number of hydrogen-bond acceptors (Lipinski definition) is 3. The van der Waals surface area contributed by atoms with E-state index in [2.05, 4.69) is 0 Å². The molecule has 1 heterocycles. The van der Waals surface area contributed by atoms with Crippen molar-refractivity contribution in [3.8, 4) is 0 Å². The zero-order valence-corrected chi connectivity index (χ0v) is 9.53. The summed E-state index contributed by atoms with van der Waals surface area (Å²) in [6.07, 6.45) is 0. The van der Waals surface area contributed by atoms with Crippen LogP contribution in [-0.4, -0.2) is 11.6 Å². The molecule has 0 atom stereocenters. The molecule has 0 saturated heterocycles. The van der Waals surface area contributed by atoms with Gasteiger partial charge in [-0.15, -0.1) is 0 Å². The van der Waals surface area contributed by atoms with E-state index in [9.17, 15) is 9.59 Å². The van der Waals surface area contributed by atoms with E-state index in [4.69, 9.17) is 4.42 Å². The maximum atomic E-state index is 12.3. The number of fused-ring (bicyclic) bond motifs is 2. The van der Waals surface area contributed by atoms with Crippen molar-refractivity contribution in [3.63, 3.8) is 0 Å². The third-order valence-electron chi connectivity index (χ3n) is 3.23. The maximum absolute atomic E-state index is 12.3. The molecule has 0 fully saturated rings. The Hall–Kier alpha value is -2.16. The Morgan fingerprint density at radius 2 is 1.53 bits per heavy atom. The van der Waals surface area contributed by atoms with Crippen molar-refractivity contribution in [1.82, 2.24) is 0 Å². The molecule has 0 unspecified atom stereocenters. The molecule has 1 aromatic carbocycles. The largest absolute Gasteiger partial charge is 0.457 e. The quantitative estimate of drug-likeness (QED) is 0.592. The first kappa shape index (κ1) is 10.0. The minimum absolute atomic E-state index is 0.121. The van der Waals surface area contributed by atoms with Crippen LogP contribution in [0, 0.1) is 13.8 Å². The van der Waals surface area contributed by atoms with Gasteiger partial charge in [-0.05, 0) is 13.8 Å². The first-order valence-corrected chi connectivity index (χ1v) is 5.39. The summed E-state index contributed by atoms with van der Waals surface area (Å²) in [6, 6.07) is 6.85.